The van der Waals surface area contributed by atoms with E-state index in [9.17, 15) is 4.79 Å². The number of allylic oxidation sites excluding steroid dienone is 1. The Bertz CT molecular complexity index is 1090. The summed E-state index contributed by atoms with van der Waals surface area (Å²) in [5.74, 6) is 0.758. The van der Waals surface area contributed by atoms with E-state index in [0.717, 1.165) is 60.4 Å². The van der Waals surface area contributed by atoms with E-state index in [-0.39, 0.29) is 5.91 Å². The predicted octanol–water partition coefficient (Wildman–Crippen LogP) is 5.88. The number of aryl methyl sites for hydroxylation is 1. The SMILES string of the molecule is CCc1ccc(C2=C(C(=O)Nc3ccc(OCCc4csc(N)n4)cc3)CCCC2)cc1. The average molecular weight is 448 g/mol. The molecule has 0 radical (unpaired) electrons. The van der Waals surface area contributed by atoms with Gasteiger partial charge in [-0.3, -0.25) is 4.79 Å². The van der Waals surface area contributed by atoms with Crippen molar-refractivity contribution < 1.29 is 9.53 Å². The van der Waals surface area contributed by atoms with Crippen LogP contribution in [0.15, 0.2) is 59.5 Å². The number of hydrogen-bond donors (Lipinski definition) is 2. The van der Waals surface area contributed by atoms with E-state index in [1.807, 2.05) is 29.6 Å². The van der Waals surface area contributed by atoms with Gasteiger partial charge in [-0.15, -0.1) is 11.3 Å². The molecule has 0 atom stereocenters. The minimum absolute atomic E-state index is 0.00550. The summed E-state index contributed by atoms with van der Waals surface area (Å²) in [5, 5.41) is 5.60. The molecule has 6 heteroatoms. The number of nitrogens with two attached hydrogens (primary N) is 1. The summed E-state index contributed by atoms with van der Waals surface area (Å²) in [4.78, 5) is 17.3. The molecule has 0 saturated carbocycles. The Morgan fingerprint density at radius 1 is 1.09 bits per heavy atom. The van der Waals surface area contributed by atoms with Crippen LogP contribution in [0.3, 0.4) is 0 Å². The lowest BCUT2D eigenvalue weighted by Gasteiger charge is -2.20. The molecule has 0 unspecified atom stereocenters. The van der Waals surface area contributed by atoms with Gasteiger partial charge in [0.1, 0.15) is 5.75 Å². The molecule has 0 fully saturated rings. The van der Waals surface area contributed by atoms with Gasteiger partial charge in [0.25, 0.3) is 5.91 Å². The number of aromatic nitrogens is 1. The molecule has 1 heterocycles. The Morgan fingerprint density at radius 3 is 2.53 bits per heavy atom. The van der Waals surface area contributed by atoms with Crippen LogP contribution in [0.25, 0.3) is 5.57 Å². The highest BCUT2D eigenvalue weighted by Gasteiger charge is 2.20. The van der Waals surface area contributed by atoms with Gasteiger partial charge in [-0.2, -0.15) is 0 Å². The van der Waals surface area contributed by atoms with Crippen molar-refractivity contribution in [1.82, 2.24) is 4.98 Å². The Hall–Kier alpha value is -3.12. The number of anilines is 2. The predicted molar refractivity (Wildman–Crippen MR) is 132 cm³/mol. The lowest BCUT2D eigenvalue weighted by atomic mass is 9.86. The van der Waals surface area contributed by atoms with Crippen molar-refractivity contribution in [3.63, 3.8) is 0 Å². The van der Waals surface area contributed by atoms with Crippen LogP contribution in [0.4, 0.5) is 10.8 Å². The third-order valence-electron chi connectivity index (χ3n) is 5.76. The molecule has 0 bridgehead atoms. The van der Waals surface area contributed by atoms with Gasteiger partial charge in [-0.05, 0) is 73.1 Å². The summed E-state index contributed by atoms with van der Waals surface area (Å²) in [5.41, 5.74) is 11.9. The molecule has 166 valence electrons. The van der Waals surface area contributed by atoms with E-state index in [2.05, 4.69) is 41.5 Å². The zero-order chi connectivity index (χ0) is 22.3. The lowest BCUT2D eigenvalue weighted by molar-refractivity contribution is -0.113. The van der Waals surface area contributed by atoms with Crippen LogP contribution in [0.1, 0.15) is 49.4 Å². The van der Waals surface area contributed by atoms with E-state index < -0.39 is 0 Å². The third-order valence-corrected chi connectivity index (χ3v) is 6.48. The Balaban J connectivity index is 1.38. The highest BCUT2D eigenvalue weighted by molar-refractivity contribution is 7.13. The standard InChI is InChI=1S/C26H29N3O2S/c1-2-18-7-9-19(10-8-18)23-5-3-4-6-24(23)25(30)28-20-11-13-22(14-12-20)31-16-15-21-17-32-26(27)29-21/h7-14,17H,2-6,15-16H2,1H3,(H2,27,29)(H,28,30). The molecular weight excluding hydrogens is 418 g/mol. The van der Waals surface area contributed by atoms with Gasteiger partial charge in [-0.25, -0.2) is 4.98 Å². The molecule has 1 aromatic heterocycles. The quantitative estimate of drug-likeness (QED) is 0.452. The number of ether oxygens (including phenoxy) is 1. The first-order valence-electron chi connectivity index (χ1n) is 11.2. The van der Waals surface area contributed by atoms with Crippen LogP contribution >= 0.6 is 11.3 Å². The van der Waals surface area contributed by atoms with Crippen LogP contribution < -0.4 is 15.8 Å². The monoisotopic (exact) mass is 447 g/mol. The van der Waals surface area contributed by atoms with Crippen LogP contribution in [-0.2, 0) is 17.6 Å². The van der Waals surface area contributed by atoms with Gasteiger partial charge in [0.15, 0.2) is 5.13 Å². The number of hydrogen-bond acceptors (Lipinski definition) is 5. The molecule has 3 N–H and O–H groups in total. The van der Waals surface area contributed by atoms with E-state index in [4.69, 9.17) is 10.5 Å². The second-order valence-corrected chi connectivity index (χ2v) is 8.86. The first-order valence-corrected chi connectivity index (χ1v) is 12.1. The summed E-state index contributed by atoms with van der Waals surface area (Å²) in [6, 6.07) is 16.1. The Labute approximate surface area is 193 Å². The summed E-state index contributed by atoms with van der Waals surface area (Å²) in [6.45, 7) is 2.68. The highest BCUT2D eigenvalue weighted by atomic mass is 32.1. The van der Waals surface area contributed by atoms with Gasteiger partial charge in [0, 0.05) is 23.1 Å². The lowest BCUT2D eigenvalue weighted by Crippen LogP contribution is -2.18. The number of carbonyl (C=O) groups excluding carboxylic acids is 1. The number of carbonyl (C=O) groups is 1. The number of amides is 1. The average Bonchev–Trinajstić information content (AvgIpc) is 3.25. The highest BCUT2D eigenvalue weighted by Crippen LogP contribution is 2.33. The summed E-state index contributed by atoms with van der Waals surface area (Å²) < 4.78 is 5.79. The first kappa shape index (κ1) is 22.1. The second-order valence-electron chi connectivity index (χ2n) is 7.97. The first-order chi connectivity index (χ1) is 15.6. The number of nitrogens with one attached hydrogen (secondary N) is 1. The number of rotatable bonds is 8. The summed E-state index contributed by atoms with van der Waals surface area (Å²) in [7, 11) is 0. The largest absolute Gasteiger partial charge is 0.493 e. The fraction of sp³-hybridized carbons (Fsp3) is 0.308. The second kappa shape index (κ2) is 10.5. The molecule has 5 nitrogen and oxygen atoms in total. The van der Waals surface area contributed by atoms with E-state index in [0.29, 0.717) is 18.2 Å². The molecule has 0 saturated heterocycles. The molecule has 1 aliphatic rings. The number of nitrogen functional groups attached to an aromatic ring is 1. The molecule has 1 aliphatic carbocycles. The van der Waals surface area contributed by atoms with Crippen molar-refractivity contribution in [2.24, 2.45) is 0 Å². The van der Waals surface area contributed by atoms with Crippen molar-refractivity contribution in [2.75, 3.05) is 17.7 Å². The maximum Gasteiger partial charge on any atom is 0.251 e. The van der Waals surface area contributed by atoms with Crippen molar-refractivity contribution in [1.29, 1.82) is 0 Å². The normalized spacial score (nSPS) is 13.8. The molecule has 3 aromatic rings. The summed E-state index contributed by atoms with van der Waals surface area (Å²) in [6.07, 6.45) is 5.68. The third kappa shape index (κ3) is 5.56. The molecule has 0 aliphatic heterocycles. The smallest absolute Gasteiger partial charge is 0.251 e. The van der Waals surface area contributed by atoms with Crippen LogP contribution in [0.5, 0.6) is 5.75 Å². The van der Waals surface area contributed by atoms with Gasteiger partial charge in [-0.1, -0.05) is 31.2 Å². The molecule has 2 aromatic carbocycles. The number of nitrogens with zero attached hydrogens (tertiary/aromatic N) is 1. The van der Waals surface area contributed by atoms with Crippen molar-refractivity contribution in [3.8, 4) is 5.75 Å². The van der Waals surface area contributed by atoms with Crippen LogP contribution in [0.2, 0.25) is 0 Å². The molecule has 0 spiro atoms. The Morgan fingerprint density at radius 2 is 1.84 bits per heavy atom. The maximum absolute atomic E-state index is 13.1. The van der Waals surface area contributed by atoms with E-state index in [1.54, 1.807) is 0 Å². The number of benzene rings is 2. The molecule has 1 amide bonds. The van der Waals surface area contributed by atoms with E-state index in [1.165, 1.54) is 22.5 Å². The van der Waals surface area contributed by atoms with Gasteiger partial charge in [0.2, 0.25) is 0 Å². The topological polar surface area (TPSA) is 77.2 Å². The van der Waals surface area contributed by atoms with Crippen molar-refractivity contribution in [2.45, 2.75) is 45.4 Å². The van der Waals surface area contributed by atoms with Gasteiger partial charge < -0.3 is 15.8 Å². The molecule has 4 rings (SSSR count). The maximum atomic E-state index is 13.1. The number of thiazole rings is 1. The van der Waals surface area contributed by atoms with Crippen LogP contribution in [0, 0.1) is 0 Å². The zero-order valence-electron chi connectivity index (χ0n) is 18.4. The molecule has 32 heavy (non-hydrogen) atoms. The minimum atomic E-state index is -0.00550. The minimum Gasteiger partial charge on any atom is -0.493 e. The Kier molecular flexibility index (Phi) is 7.22. The van der Waals surface area contributed by atoms with E-state index >= 15 is 0 Å². The fourth-order valence-electron chi connectivity index (χ4n) is 3.97. The molecular formula is C26H29N3O2S. The van der Waals surface area contributed by atoms with Crippen LogP contribution in [-0.4, -0.2) is 17.5 Å². The van der Waals surface area contributed by atoms with Crippen molar-refractivity contribution >= 4 is 33.6 Å². The van der Waals surface area contributed by atoms with Gasteiger partial charge in [0.05, 0.1) is 12.3 Å². The fourth-order valence-corrected chi connectivity index (χ4v) is 4.57. The van der Waals surface area contributed by atoms with Gasteiger partial charge >= 0.3 is 0 Å². The summed E-state index contributed by atoms with van der Waals surface area (Å²) >= 11 is 1.44. The zero-order valence-corrected chi connectivity index (χ0v) is 19.2. The van der Waals surface area contributed by atoms with Crippen molar-refractivity contribution in [3.05, 3.63) is 76.3 Å².